The quantitative estimate of drug-likeness (QED) is 0.675. The minimum absolute atomic E-state index is 0.0597. The summed E-state index contributed by atoms with van der Waals surface area (Å²) in [6.45, 7) is 5.38. The first-order chi connectivity index (χ1) is 15.0. The zero-order valence-electron chi connectivity index (χ0n) is 18.1. The minimum Gasteiger partial charge on any atom is -0.490 e. The van der Waals surface area contributed by atoms with E-state index >= 15 is 0 Å². The molecule has 2 heterocycles. The zero-order chi connectivity index (χ0) is 23.2. The summed E-state index contributed by atoms with van der Waals surface area (Å²) in [4.78, 5) is 61.8. The van der Waals surface area contributed by atoms with Crippen molar-refractivity contribution in [3.05, 3.63) is 29.3 Å². The molecule has 0 bridgehead atoms. The number of nitrogens with one attached hydrogen (secondary N) is 2. The normalized spacial score (nSPS) is 25.1. The summed E-state index contributed by atoms with van der Waals surface area (Å²) in [6.07, 6.45) is 0.728. The number of carbonyl (C=O) groups is 5. The van der Waals surface area contributed by atoms with E-state index in [4.69, 9.17) is 9.47 Å². The number of piperidine rings is 1. The largest absolute Gasteiger partial charge is 0.490 e. The molecule has 0 spiro atoms. The smallest absolute Gasteiger partial charge is 0.407 e. The molecule has 1 saturated carbocycles. The summed E-state index contributed by atoms with van der Waals surface area (Å²) in [5.74, 6) is -1.78. The summed E-state index contributed by atoms with van der Waals surface area (Å²) in [5.41, 5.74) is -0.204. The molecule has 0 radical (unpaired) electrons. The van der Waals surface area contributed by atoms with E-state index in [1.165, 1.54) is 12.1 Å². The lowest BCUT2D eigenvalue weighted by Crippen LogP contribution is -2.54. The number of hydrogen-bond acceptors (Lipinski definition) is 7. The Morgan fingerprint density at radius 1 is 1.09 bits per heavy atom. The molecule has 10 heteroatoms. The Morgan fingerprint density at radius 2 is 1.78 bits per heavy atom. The van der Waals surface area contributed by atoms with Gasteiger partial charge < -0.3 is 14.8 Å². The van der Waals surface area contributed by atoms with Gasteiger partial charge in [0.05, 0.1) is 11.1 Å². The molecule has 5 amide bonds. The van der Waals surface area contributed by atoms with Crippen LogP contribution in [0.2, 0.25) is 0 Å². The molecule has 2 N–H and O–H groups in total. The van der Waals surface area contributed by atoms with Crippen LogP contribution in [0.1, 0.15) is 67.2 Å². The van der Waals surface area contributed by atoms with E-state index in [-0.39, 0.29) is 36.1 Å². The lowest BCUT2D eigenvalue weighted by atomic mass is 9.89. The van der Waals surface area contributed by atoms with Gasteiger partial charge in [0.15, 0.2) is 0 Å². The first kappa shape index (κ1) is 21.8. The van der Waals surface area contributed by atoms with E-state index in [2.05, 4.69) is 10.6 Å². The van der Waals surface area contributed by atoms with Gasteiger partial charge in [-0.2, -0.15) is 0 Å². The van der Waals surface area contributed by atoms with Crippen molar-refractivity contribution >= 4 is 29.7 Å². The Balaban J connectivity index is 1.36. The second kappa shape index (κ2) is 7.92. The predicted octanol–water partition coefficient (Wildman–Crippen LogP) is 1.52. The Morgan fingerprint density at radius 3 is 2.44 bits per heavy atom. The molecule has 1 aromatic rings. The van der Waals surface area contributed by atoms with Crippen molar-refractivity contribution in [2.45, 2.75) is 70.2 Å². The first-order valence-electron chi connectivity index (χ1n) is 10.5. The third kappa shape index (κ3) is 4.30. The van der Waals surface area contributed by atoms with Crippen LogP contribution < -0.4 is 15.4 Å². The average molecular weight is 443 g/mol. The fourth-order valence-corrected chi connectivity index (χ4v) is 3.97. The van der Waals surface area contributed by atoms with Crippen molar-refractivity contribution in [1.29, 1.82) is 0 Å². The molecule has 2 fully saturated rings. The number of fused-ring (bicyclic) bond motifs is 1. The van der Waals surface area contributed by atoms with Crippen LogP contribution in [0.25, 0.3) is 0 Å². The number of benzene rings is 1. The van der Waals surface area contributed by atoms with Gasteiger partial charge in [0, 0.05) is 25.3 Å². The molecule has 1 aromatic carbocycles. The van der Waals surface area contributed by atoms with E-state index in [9.17, 15) is 24.0 Å². The summed E-state index contributed by atoms with van der Waals surface area (Å²) in [7, 11) is 0. The molecule has 2 aliphatic heterocycles. The van der Waals surface area contributed by atoms with Crippen LogP contribution in [0.3, 0.4) is 0 Å². The van der Waals surface area contributed by atoms with Crippen molar-refractivity contribution in [2.24, 2.45) is 0 Å². The standard InChI is InChI=1S/C22H25N3O7/c1-22(2,3)32-21(30)23-11-8-13(9-11)31-12-4-5-14-15(10-12)20(29)25(19(14)28)16-6-7-17(26)24-18(16)27/h4-5,10-11,13,16H,6-9H2,1-3H3,(H,23,30)(H,24,26,27)/t11-,13-,16?. The number of amides is 5. The second-order valence-corrected chi connectivity index (χ2v) is 9.21. The second-order valence-electron chi connectivity index (χ2n) is 9.21. The SMILES string of the molecule is CC(C)(C)OC(=O)N[C@H]1C[C@H](Oc2ccc3c(c2)C(=O)N(C2CCC(=O)NC2=O)C3=O)C1. The topological polar surface area (TPSA) is 131 Å². The lowest BCUT2D eigenvalue weighted by molar-refractivity contribution is -0.136. The predicted molar refractivity (Wildman–Crippen MR) is 110 cm³/mol. The van der Waals surface area contributed by atoms with Gasteiger partial charge in [0.25, 0.3) is 11.8 Å². The number of nitrogens with zero attached hydrogens (tertiary/aromatic N) is 1. The summed E-state index contributed by atoms with van der Waals surface area (Å²) >= 11 is 0. The highest BCUT2D eigenvalue weighted by molar-refractivity contribution is 6.23. The highest BCUT2D eigenvalue weighted by Crippen LogP contribution is 2.32. The maximum absolute atomic E-state index is 12.9. The van der Waals surface area contributed by atoms with Crippen molar-refractivity contribution in [2.75, 3.05) is 0 Å². The summed E-state index contributed by atoms with van der Waals surface area (Å²) < 4.78 is 11.1. The average Bonchev–Trinajstić information content (AvgIpc) is 2.89. The highest BCUT2D eigenvalue weighted by Gasteiger charge is 2.45. The molecule has 0 aromatic heterocycles. The Hall–Kier alpha value is -3.43. The van der Waals surface area contributed by atoms with Gasteiger partial charge in [-0.25, -0.2) is 4.79 Å². The van der Waals surface area contributed by atoms with Crippen LogP contribution >= 0.6 is 0 Å². The molecule has 1 atom stereocenters. The van der Waals surface area contributed by atoms with E-state index < -0.39 is 41.4 Å². The molecule has 4 rings (SSSR count). The van der Waals surface area contributed by atoms with E-state index in [0.29, 0.717) is 18.6 Å². The third-order valence-electron chi connectivity index (χ3n) is 5.53. The lowest BCUT2D eigenvalue weighted by Gasteiger charge is -2.36. The van der Waals surface area contributed by atoms with Crippen LogP contribution in [0.15, 0.2) is 18.2 Å². The number of imide groups is 2. The molecular weight excluding hydrogens is 418 g/mol. The Labute approximate surface area is 184 Å². The van der Waals surface area contributed by atoms with E-state index in [1.54, 1.807) is 26.8 Å². The zero-order valence-corrected chi connectivity index (χ0v) is 18.1. The van der Waals surface area contributed by atoms with Crippen molar-refractivity contribution in [3.8, 4) is 5.75 Å². The van der Waals surface area contributed by atoms with Gasteiger partial charge >= 0.3 is 6.09 Å². The molecule has 32 heavy (non-hydrogen) atoms. The molecule has 170 valence electrons. The van der Waals surface area contributed by atoms with Crippen molar-refractivity contribution in [1.82, 2.24) is 15.5 Å². The maximum Gasteiger partial charge on any atom is 0.407 e. The third-order valence-corrected chi connectivity index (χ3v) is 5.53. The number of alkyl carbamates (subject to hydrolysis) is 1. The Bertz CT molecular complexity index is 1010. The van der Waals surface area contributed by atoms with Crippen LogP contribution in [-0.4, -0.2) is 58.4 Å². The van der Waals surface area contributed by atoms with Crippen LogP contribution in [0, 0.1) is 0 Å². The van der Waals surface area contributed by atoms with Gasteiger partial charge in [0.1, 0.15) is 23.5 Å². The molecule has 1 unspecified atom stereocenters. The van der Waals surface area contributed by atoms with Gasteiger partial charge in [-0.05, 0) is 45.4 Å². The van der Waals surface area contributed by atoms with Gasteiger partial charge in [0.2, 0.25) is 11.8 Å². The van der Waals surface area contributed by atoms with E-state index in [0.717, 1.165) is 4.90 Å². The summed E-state index contributed by atoms with van der Waals surface area (Å²) in [5, 5.41) is 4.95. The molecular formula is C22H25N3O7. The van der Waals surface area contributed by atoms with Crippen LogP contribution in [0.4, 0.5) is 4.79 Å². The first-order valence-corrected chi connectivity index (χ1v) is 10.5. The number of ether oxygens (including phenoxy) is 2. The number of carbonyl (C=O) groups excluding carboxylic acids is 5. The summed E-state index contributed by atoms with van der Waals surface area (Å²) in [6, 6.07) is 3.54. The van der Waals surface area contributed by atoms with Crippen LogP contribution in [-0.2, 0) is 14.3 Å². The van der Waals surface area contributed by atoms with Gasteiger partial charge in [-0.15, -0.1) is 0 Å². The minimum atomic E-state index is -1.00. The number of rotatable bonds is 4. The van der Waals surface area contributed by atoms with Gasteiger partial charge in [-0.3, -0.25) is 29.4 Å². The van der Waals surface area contributed by atoms with Crippen molar-refractivity contribution < 1.29 is 33.4 Å². The molecule has 10 nitrogen and oxygen atoms in total. The van der Waals surface area contributed by atoms with Crippen LogP contribution in [0.5, 0.6) is 5.75 Å². The molecule has 3 aliphatic rings. The van der Waals surface area contributed by atoms with Crippen molar-refractivity contribution in [3.63, 3.8) is 0 Å². The Kier molecular flexibility index (Phi) is 5.39. The highest BCUT2D eigenvalue weighted by atomic mass is 16.6. The molecule has 1 saturated heterocycles. The van der Waals surface area contributed by atoms with E-state index in [1.807, 2.05) is 0 Å². The fraction of sp³-hybridized carbons (Fsp3) is 0.500. The molecule has 1 aliphatic carbocycles. The monoisotopic (exact) mass is 443 g/mol. The number of hydrogen-bond donors (Lipinski definition) is 2. The maximum atomic E-state index is 12.9. The van der Waals surface area contributed by atoms with Gasteiger partial charge in [-0.1, -0.05) is 0 Å². The fourth-order valence-electron chi connectivity index (χ4n) is 3.97.